The zero-order valence-electron chi connectivity index (χ0n) is 13.0. The van der Waals surface area contributed by atoms with E-state index in [9.17, 15) is 4.79 Å². The highest BCUT2D eigenvalue weighted by Gasteiger charge is 2.33. The molecule has 0 radical (unpaired) electrons. The van der Waals surface area contributed by atoms with E-state index in [0.29, 0.717) is 18.0 Å². The Morgan fingerprint density at radius 1 is 1.43 bits per heavy atom. The Balaban J connectivity index is 1.84. The van der Waals surface area contributed by atoms with Crippen LogP contribution in [0.2, 0.25) is 0 Å². The first kappa shape index (κ1) is 14.3. The Morgan fingerprint density at radius 2 is 2.24 bits per heavy atom. The Bertz CT molecular complexity index is 718. The SMILES string of the molecule is Cc1cccc2nc(CNC3CCCC3(C)C)cc(=O)n12. The monoisotopic (exact) mass is 285 g/mol. The third-order valence-corrected chi connectivity index (χ3v) is 4.72. The van der Waals surface area contributed by atoms with E-state index in [0.717, 1.165) is 17.0 Å². The average molecular weight is 285 g/mol. The minimum Gasteiger partial charge on any atom is -0.308 e. The van der Waals surface area contributed by atoms with Gasteiger partial charge in [0.1, 0.15) is 5.65 Å². The normalized spacial score (nSPS) is 21.0. The lowest BCUT2D eigenvalue weighted by molar-refractivity contribution is 0.282. The Morgan fingerprint density at radius 3 is 2.95 bits per heavy atom. The molecule has 1 atom stereocenters. The molecule has 0 spiro atoms. The molecule has 1 N–H and O–H groups in total. The van der Waals surface area contributed by atoms with Crippen LogP contribution in [0.15, 0.2) is 29.1 Å². The van der Waals surface area contributed by atoms with Gasteiger partial charge in [-0.25, -0.2) is 4.98 Å². The minimum atomic E-state index is 0.000539. The molecule has 3 rings (SSSR count). The first-order valence-corrected chi connectivity index (χ1v) is 7.69. The van der Waals surface area contributed by atoms with Gasteiger partial charge in [-0.15, -0.1) is 0 Å². The molecule has 1 saturated carbocycles. The molecule has 1 aliphatic rings. The summed E-state index contributed by atoms with van der Waals surface area (Å²) in [7, 11) is 0. The van der Waals surface area contributed by atoms with Crippen molar-refractivity contribution in [2.75, 3.05) is 0 Å². The molecule has 4 nitrogen and oxygen atoms in total. The number of aromatic nitrogens is 2. The third kappa shape index (κ3) is 2.72. The standard InChI is InChI=1S/C17H23N3O/c1-12-6-4-8-15-19-13(10-16(21)20(12)15)11-18-14-7-5-9-17(14,2)3/h4,6,8,10,14,18H,5,7,9,11H2,1-3H3. The fourth-order valence-electron chi connectivity index (χ4n) is 3.39. The number of pyridine rings is 1. The van der Waals surface area contributed by atoms with Crippen LogP contribution in [0.4, 0.5) is 0 Å². The van der Waals surface area contributed by atoms with Crippen molar-refractivity contribution >= 4 is 5.65 Å². The summed E-state index contributed by atoms with van der Waals surface area (Å²) in [5.41, 5.74) is 2.81. The summed E-state index contributed by atoms with van der Waals surface area (Å²) in [6, 6.07) is 7.91. The molecule has 0 bridgehead atoms. The summed E-state index contributed by atoms with van der Waals surface area (Å²) in [6.45, 7) is 7.20. The minimum absolute atomic E-state index is 0.000539. The molecule has 1 aliphatic carbocycles. The molecule has 0 aliphatic heterocycles. The summed E-state index contributed by atoms with van der Waals surface area (Å²) < 4.78 is 1.66. The van der Waals surface area contributed by atoms with E-state index in [1.165, 1.54) is 19.3 Å². The second kappa shape index (κ2) is 5.26. The van der Waals surface area contributed by atoms with Gasteiger partial charge in [0.2, 0.25) is 0 Å². The Hall–Kier alpha value is -1.68. The fourth-order valence-corrected chi connectivity index (χ4v) is 3.39. The largest absolute Gasteiger partial charge is 0.308 e. The van der Waals surface area contributed by atoms with Gasteiger partial charge < -0.3 is 5.32 Å². The zero-order chi connectivity index (χ0) is 15.0. The number of aryl methyl sites for hydroxylation is 1. The van der Waals surface area contributed by atoms with Gasteiger partial charge in [0.25, 0.3) is 5.56 Å². The lowest BCUT2D eigenvalue weighted by Crippen LogP contribution is -2.37. The average Bonchev–Trinajstić information content (AvgIpc) is 2.75. The molecule has 112 valence electrons. The number of rotatable bonds is 3. The van der Waals surface area contributed by atoms with E-state index < -0.39 is 0 Å². The highest BCUT2D eigenvalue weighted by molar-refractivity contribution is 5.40. The van der Waals surface area contributed by atoms with Crippen LogP contribution in [-0.4, -0.2) is 15.4 Å². The second-order valence-corrected chi connectivity index (χ2v) is 6.76. The number of nitrogens with one attached hydrogen (secondary N) is 1. The molecule has 4 heteroatoms. The first-order valence-electron chi connectivity index (χ1n) is 7.69. The molecule has 0 saturated heterocycles. The van der Waals surface area contributed by atoms with Gasteiger partial charge >= 0.3 is 0 Å². The maximum atomic E-state index is 12.2. The predicted octanol–water partition coefficient (Wildman–Crippen LogP) is 2.67. The quantitative estimate of drug-likeness (QED) is 0.943. The van der Waals surface area contributed by atoms with Crippen molar-refractivity contribution in [1.29, 1.82) is 0 Å². The van der Waals surface area contributed by atoms with Crippen LogP contribution >= 0.6 is 0 Å². The molecular formula is C17H23N3O. The van der Waals surface area contributed by atoms with Crippen LogP contribution in [0.3, 0.4) is 0 Å². The van der Waals surface area contributed by atoms with Crippen molar-refractivity contribution in [3.63, 3.8) is 0 Å². The van der Waals surface area contributed by atoms with Crippen molar-refractivity contribution in [3.05, 3.63) is 46.0 Å². The van der Waals surface area contributed by atoms with Crippen LogP contribution in [-0.2, 0) is 6.54 Å². The maximum absolute atomic E-state index is 12.2. The number of hydrogen-bond acceptors (Lipinski definition) is 3. The summed E-state index contributed by atoms with van der Waals surface area (Å²) >= 11 is 0. The summed E-state index contributed by atoms with van der Waals surface area (Å²) in [4.78, 5) is 16.8. The molecule has 2 heterocycles. The van der Waals surface area contributed by atoms with E-state index in [1.54, 1.807) is 10.5 Å². The van der Waals surface area contributed by atoms with Gasteiger partial charge in [0, 0.05) is 24.3 Å². The topological polar surface area (TPSA) is 46.4 Å². The van der Waals surface area contributed by atoms with Crippen molar-refractivity contribution in [3.8, 4) is 0 Å². The third-order valence-electron chi connectivity index (χ3n) is 4.72. The number of hydrogen-bond donors (Lipinski definition) is 1. The molecule has 21 heavy (non-hydrogen) atoms. The molecule has 2 aromatic heterocycles. The molecule has 1 unspecified atom stereocenters. The second-order valence-electron chi connectivity index (χ2n) is 6.76. The summed E-state index contributed by atoms with van der Waals surface area (Å²) in [5, 5.41) is 3.58. The lowest BCUT2D eigenvalue weighted by atomic mass is 9.87. The molecule has 0 aromatic carbocycles. The van der Waals surface area contributed by atoms with Gasteiger partial charge in [-0.3, -0.25) is 9.20 Å². The lowest BCUT2D eigenvalue weighted by Gasteiger charge is -2.27. The van der Waals surface area contributed by atoms with E-state index in [1.807, 2.05) is 25.1 Å². The van der Waals surface area contributed by atoms with Gasteiger partial charge in [-0.2, -0.15) is 0 Å². The molecule has 0 amide bonds. The van der Waals surface area contributed by atoms with E-state index in [4.69, 9.17) is 0 Å². The van der Waals surface area contributed by atoms with Gasteiger partial charge in [-0.1, -0.05) is 26.3 Å². The van der Waals surface area contributed by atoms with Crippen molar-refractivity contribution in [1.82, 2.24) is 14.7 Å². The van der Waals surface area contributed by atoms with Crippen molar-refractivity contribution < 1.29 is 0 Å². The highest BCUT2D eigenvalue weighted by atomic mass is 16.1. The summed E-state index contributed by atoms with van der Waals surface area (Å²) in [6.07, 6.45) is 3.74. The molecule has 2 aromatic rings. The molecular weight excluding hydrogens is 262 g/mol. The van der Waals surface area contributed by atoms with Crippen LogP contribution < -0.4 is 10.9 Å². The van der Waals surface area contributed by atoms with E-state index in [2.05, 4.69) is 24.1 Å². The van der Waals surface area contributed by atoms with E-state index in [-0.39, 0.29) is 5.56 Å². The Kier molecular flexibility index (Phi) is 3.57. The van der Waals surface area contributed by atoms with Crippen molar-refractivity contribution in [2.24, 2.45) is 5.41 Å². The van der Waals surface area contributed by atoms with Crippen LogP contribution in [0, 0.1) is 12.3 Å². The highest BCUT2D eigenvalue weighted by Crippen LogP contribution is 2.37. The van der Waals surface area contributed by atoms with Crippen molar-refractivity contribution in [2.45, 2.75) is 52.6 Å². The fraction of sp³-hybridized carbons (Fsp3) is 0.529. The number of fused-ring (bicyclic) bond motifs is 1. The Labute approximate surface area is 125 Å². The van der Waals surface area contributed by atoms with Crippen LogP contribution in [0.5, 0.6) is 0 Å². The van der Waals surface area contributed by atoms with Gasteiger partial charge in [0.15, 0.2) is 0 Å². The van der Waals surface area contributed by atoms with Crippen LogP contribution in [0.1, 0.15) is 44.5 Å². The zero-order valence-corrected chi connectivity index (χ0v) is 13.0. The maximum Gasteiger partial charge on any atom is 0.258 e. The molecule has 1 fully saturated rings. The van der Waals surface area contributed by atoms with Gasteiger partial charge in [-0.05, 0) is 37.3 Å². The van der Waals surface area contributed by atoms with Gasteiger partial charge in [0.05, 0.1) is 5.69 Å². The van der Waals surface area contributed by atoms with Crippen LogP contribution in [0.25, 0.3) is 5.65 Å². The van der Waals surface area contributed by atoms with E-state index >= 15 is 0 Å². The smallest absolute Gasteiger partial charge is 0.258 e. The number of nitrogens with zero attached hydrogens (tertiary/aromatic N) is 2. The predicted molar refractivity (Wildman–Crippen MR) is 84.5 cm³/mol. The summed E-state index contributed by atoms with van der Waals surface area (Å²) in [5.74, 6) is 0. The first-order chi connectivity index (χ1) is 9.97.